The molecule has 2 heterocycles. The van der Waals surface area contributed by atoms with E-state index in [-0.39, 0.29) is 32.0 Å². The van der Waals surface area contributed by atoms with Gasteiger partial charge in [0.2, 0.25) is 6.79 Å². The third-order valence-electron chi connectivity index (χ3n) is 3.25. The van der Waals surface area contributed by atoms with Crippen LogP contribution in [0.4, 0.5) is 5.69 Å². The van der Waals surface area contributed by atoms with Gasteiger partial charge in [-0.25, -0.2) is 0 Å². The summed E-state index contributed by atoms with van der Waals surface area (Å²) in [5, 5.41) is 8.95. The molecule has 0 radical (unpaired) electrons. The van der Waals surface area contributed by atoms with E-state index in [1.54, 1.807) is 17.0 Å². The summed E-state index contributed by atoms with van der Waals surface area (Å²) >= 11 is 0. The Morgan fingerprint density at radius 1 is 1.32 bits per heavy atom. The smallest absolute Gasteiger partial charge is 0.253 e. The van der Waals surface area contributed by atoms with Gasteiger partial charge in [-0.15, -0.1) is 0 Å². The lowest BCUT2D eigenvalue weighted by Crippen LogP contribution is -2.47. The minimum Gasteiger partial charge on any atom is -0.454 e. The van der Waals surface area contributed by atoms with Crippen molar-refractivity contribution in [2.75, 3.05) is 31.5 Å². The van der Waals surface area contributed by atoms with Gasteiger partial charge in [-0.1, -0.05) is 0 Å². The molecule has 19 heavy (non-hydrogen) atoms. The number of ether oxygens (including phenoxy) is 3. The molecule has 1 N–H and O–H groups in total. The second-order valence-electron chi connectivity index (χ2n) is 4.49. The van der Waals surface area contributed by atoms with Crippen LogP contribution in [0.5, 0.6) is 11.5 Å². The van der Waals surface area contributed by atoms with Crippen molar-refractivity contribution < 1.29 is 24.1 Å². The number of anilines is 1. The van der Waals surface area contributed by atoms with Crippen molar-refractivity contribution >= 4 is 11.6 Å². The first-order chi connectivity index (χ1) is 9.28. The normalized spacial score (nSPS) is 21.8. The van der Waals surface area contributed by atoms with E-state index in [4.69, 9.17) is 19.3 Å². The minimum absolute atomic E-state index is 0.0408. The van der Waals surface area contributed by atoms with Crippen molar-refractivity contribution in [3.8, 4) is 11.5 Å². The van der Waals surface area contributed by atoms with Gasteiger partial charge in [-0.3, -0.25) is 4.79 Å². The van der Waals surface area contributed by atoms with E-state index < -0.39 is 0 Å². The largest absolute Gasteiger partial charge is 0.454 e. The summed E-state index contributed by atoms with van der Waals surface area (Å²) in [6, 6.07) is 5.41. The van der Waals surface area contributed by atoms with Crippen molar-refractivity contribution in [3.63, 3.8) is 0 Å². The third-order valence-corrected chi connectivity index (χ3v) is 3.25. The predicted octanol–water partition coefficient (Wildman–Crippen LogP) is 0.529. The molecular formula is C13H15NO5. The first kappa shape index (κ1) is 12.3. The fraction of sp³-hybridized carbons (Fsp3) is 0.462. The number of aliphatic hydroxyl groups is 1. The molecule has 1 atom stereocenters. The quantitative estimate of drug-likeness (QED) is 0.863. The summed E-state index contributed by atoms with van der Waals surface area (Å²) in [4.78, 5) is 13.6. The van der Waals surface area contributed by atoms with Crippen molar-refractivity contribution in [1.29, 1.82) is 0 Å². The molecule has 1 saturated heterocycles. The molecule has 0 aliphatic carbocycles. The summed E-state index contributed by atoms with van der Waals surface area (Å²) in [7, 11) is 0. The number of fused-ring (bicyclic) bond motifs is 1. The van der Waals surface area contributed by atoms with E-state index in [1.807, 2.05) is 6.07 Å². The molecule has 1 aromatic carbocycles. The molecule has 1 amide bonds. The van der Waals surface area contributed by atoms with E-state index >= 15 is 0 Å². The van der Waals surface area contributed by atoms with Crippen LogP contribution in [0.2, 0.25) is 0 Å². The van der Waals surface area contributed by atoms with Gasteiger partial charge >= 0.3 is 0 Å². The van der Waals surface area contributed by atoms with Crippen LogP contribution in [0, 0.1) is 0 Å². The summed E-state index contributed by atoms with van der Waals surface area (Å²) in [6.07, 6.45) is 0.391. The zero-order chi connectivity index (χ0) is 13.2. The van der Waals surface area contributed by atoms with Gasteiger partial charge in [0.15, 0.2) is 11.5 Å². The highest BCUT2D eigenvalue weighted by atomic mass is 16.7. The number of aliphatic hydroxyl groups excluding tert-OH is 1. The number of hydrogen-bond acceptors (Lipinski definition) is 5. The molecule has 0 spiro atoms. The lowest BCUT2D eigenvalue weighted by Gasteiger charge is -2.32. The number of nitrogens with zero attached hydrogens (tertiary/aromatic N) is 1. The first-order valence-electron chi connectivity index (χ1n) is 6.20. The maximum Gasteiger partial charge on any atom is 0.253 e. The van der Waals surface area contributed by atoms with Gasteiger partial charge in [0.05, 0.1) is 12.6 Å². The van der Waals surface area contributed by atoms with E-state index in [0.29, 0.717) is 24.5 Å². The van der Waals surface area contributed by atoms with Gasteiger partial charge < -0.3 is 24.2 Å². The topological polar surface area (TPSA) is 68.2 Å². The third kappa shape index (κ3) is 2.36. The Kier molecular flexibility index (Phi) is 3.27. The summed E-state index contributed by atoms with van der Waals surface area (Å²) in [5.74, 6) is 1.25. The number of amides is 1. The zero-order valence-corrected chi connectivity index (χ0v) is 10.4. The molecule has 102 valence electrons. The Balaban J connectivity index is 1.81. The lowest BCUT2D eigenvalue weighted by atomic mass is 10.1. The van der Waals surface area contributed by atoms with Crippen molar-refractivity contribution in [3.05, 3.63) is 18.2 Å². The molecule has 0 aromatic heterocycles. The summed E-state index contributed by atoms with van der Waals surface area (Å²) in [5.41, 5.74) is 0.764. The van der Waals surface area contributed by atoms with Crippen LogP contribution in [-0.4, -0.2) is 43.7 Å². The standard InChI is InChI=1S/C13H15NO5/c15-4-3-10-6-14(13(16)7-17-10)9-1-2-11-12(5-9)19-8-18-11/h1-2,5,10,15H,3-4,6-8H2. The molecule has 2 aliphatic heterocycles. The first-order valence-corrected chi connectivity index (χ1v) is 6.20. The maximum absolute atomic E-state index is 11.9. The van der Waals surface area contributed by atoms with Gasteiger partial charge in [-0.05, 0) is 18.6 Å². The van der Waals surface area contributed by atoms with Crippen LogP contribution >= 0.6 is 0 Å². The van der Waals surface area contributed by atoms with Crippen LogP contribution in [0.1, 0.15) is 6.42 Å². The van der Waals surface area contributed by atoms with E-state index in [0.717, 1.165) is 5.69 Å². The monoisotopic (exact) mass is 265 g/mol. The molecule has 2 aliphatic rings. The van der Waals surface area contributed by atoms with Crippen LogP contribution in [0.15, 0.2) is 18.2 Å². The number of carbonyl (C=O) groups is 1. The Bertz CT molecular complexity index is 490. The van der Waals surface area contributed by atoms with Crippen LogP contribution in [0.25, 0.3) is 0 Å². The number of carbonyl (C=O) groups excluding carboxylic acids is 1. The molecular weight excluding hydrogens is 250 g/mol. The Morgan fingerprint density at radius 3 is 3.00 bits per heavy atom. The van der Waals surface area contributed by atoms with Crippen LogP contribution in [0.3, 0.4) is 0 Å². The van der Waals surface area contributed by atoms with Crippen molar-refractivity contribution in [1.82, 2.24) is 0 Å². The van der Waals surface area contributed by atoms with Gasteiger partial charge in [0.1, 0.15) is 6.61 Å². The minimum atomic E-state index is -0.131. The number of rotatable bonds is 3. The highest BCUT2D eigenvalue weighted by Gasteiger charge is 2.28. The van der Waals surface area contributed by atoms with Crippen LogP contribution in [-0.2, 0) is 9.53 Å². The SMILES string of the molecule is O=C1COC(CCO)CN1c1ccc2c(c1)OCO2. The molecule has 1 aromatic rings. The maximum atomic E-state index is 11.9. The highest BCUT2D eigenvalue weighted by molar-refractivity contribution is 5.95. The average Bonchev–Trinajstić information content (AvgIpc) is 2.88. The predicted molar refractivity (Wildman–Crippen MR) is 66.4 cm³/mol. The average molecular weight is 265 g/mol. The molecule has 1 fully saturated rings. The van der Waals surface area contributed by atoms with E-state index in [2.05, 4.69) is 0 Å². The Morgan fingerprint density at radius 2 is 2.16 bits per heavy atom. The lowest BCUT2D eigenvalue weighted by molar-refractivity contribution is -0.129. The second kappa shape index (κ2) is 5.07. The number of benzene rings is 1. The number of morpholine rings is 1. The van der Waals surface area contributed by atoms with Gasteiger partial charge in [-0.2, -0.15) is 0 Å². The molecule has 3 rings (SSSR count). The molecule has 0 saturated carbocycles. The second-order valence-corrected chi connectivity index (χ2v) is 4.49. The summed E-state index contributed by atoms with van der Waals surface area (Å²) in [6.45, 7) is 0.745. The fourth-order valence-electron chi connectivity index (χ4n) is 2.25. The van der Waals surface area contributed by atoms with Crippen molar-refractivity contribution in [2.45, 2.75) is 12.5 Å². The zero-order valence-electron chi connectivity index (χ0n) is 10.4. The van der Waals surface area contributed by atoms with Crippen molar-refractivity contribution in [2.24, 2.45) is 0 Å². The fourth-order valence-corrected chi connectivity index (χ4v) is 2.25. The van der Waals surface area contributed by atoms with Gasteiger partial charge in [0, 0.05) is 18.4 Å². The molecule has 1 unspecified atom stereocenters. The van der Waals surface area contributed by atoms with Crippen LogP contribution < -0.4 is 14.4 Å². The molecule has 6 heteroatoms. The Hall–Kier alpha value is -1.79. The van der Waals surface area contributed by atoms with E-state index in [9.17, 15) is 4.79 Å². The molecule has 6 nitrogen and oxygen atoms in total. The Labute approximate surface area is 110 Å². The summed E-state index contributed by atoms with van der Waals surface area (Å²) < 4.78 is 15.9. The van der Waals surface area contributed by atoms with Gasteiger partial charge in [0.25, 0.3) is 5.91 Å². The highest BCUT2D eigenvalue weighted by Crippen LogP contribution is 2.36. The molecule has 0 bridgehead atoms. The van der Waals surface area contributed by atoms with E-state index in [1.165, 1.54) is 0 Å². The number of hydrogen-bond donors (Lipinski definition) is 1.